The lowest BCUT2D eigenvalue weighted by atomic mass is 10.5. The fourth-order valence-electron chi connectivity index (χ4n) is 14.9. The van der Waals surface area contributed by atoms with Crippen LogP contribution >= 0.6 is 0 Å². The zero-order chi connectivity index (χ0) is 106. The molecule has 0 amide bonds. The molecule has 0 aliphatic heterocycles. The van der Waals surface area contributed by atoms with Crippen LogP contribution in [0.2, 0.25) is 253 Å². The van der Waals surface area contributed by atoms with Crippen LogP contribution in [0.1, 0.15) is 77.0 Å². The van der Waals surface area contributed by atoms with Crippen molar-refractivity contribution in [2.75, 3.05) is 116 Å². The van der Waals surface area contributed by atoms with Crippen molar-refractivity contribution < 1.29 is 163 Å². The number of rotatable bonds is 84. The fourth-order valence-corrected chi connectivity index (χ4v) is 93.6. The van der Waals surface area contributed by atoms with E-state index in [9.17, 15) is 75.8 Å². The van der Waals surface area contributed by atoms with Crippen molar-refractivity contribution in [2.24, 2.45) is 0 Å². The zero-order valence-corrected chi connectivity index (χ0v) is 115. The minimum Gasteiger partial charge on any atom is -0.461 e. The molecule has 136 heavy (non-hydrogen) atoms. The second-order valence-corrected chi connectivity index (χ2v) is 130. The van der Waals surface area contributed by atoms with Gasteiger partial charge in [0.1, 0.15) is 29.3 Å². The van der Waals surface area contributed by atoms with Crippen molar-refractivity contribution in [3.05, 3.63) is 0 Å². The van der Waals surface area contributed by atoms with E-state index in [2.05, 4.69) is 39.3 Å². The van der Waals surface area contributed by atoms with Crippen LogP contribution in [0.5, 0.6) is 0 Å². The third kappa shape index (κ3) is 77.9. The van der Waals surface area contributed by atoms with Crippen LogP contribution in [0.15, 0.2) is 0 Å². The van der Waals surface area contributed by atoms with E-state index in [4.69, 9.17) is 87.0 Å². The highest BCUT2D eigenvalue weighted by molar-refractivity contribution is 7.87. The van der Waals surface area contributed by atoms with E-state index >= 15 is 0 Å². The molecule has 0 aliphatic carbocycles. The molecule has 0 fully saturated rings. The maximum absolute atomic E-state index is 12.2. The van der Waals surface area contributed by atoms with Crippen molar-refractivity contribution >= 4 is 247 Å². The predicted molar refractivity (Wildman–Crippen MR) is 584 cm³/mol. The standard InChI is InChI=1S/C70H178O39S9Si18/c1-110(71,72)89-46-34-55-125(16,17)101-134(102-126(18,19)56-35-47-90-111(2,73)74,103-127(20,21)57-36-48-91-112(3,75)76)67-43-64-122(10,11)98-119-70(120-99-123(12,13)65-44-68-135(104-128(22,23)58-37-49-92-113(4,77)78,105-129(24,25)59-38-50-93-114(5,79)80)106-130(26,27)60-39-51-94-115(6,81)82)121-100-124(14,15)66-45-69-136(107-131(28,29)61-40-52-95-116(7,83)84,108-132(30,31)62-41-53-96-117(8,85)86)109-133(32,33)63-42-54-97-118(9,87)88/h70H,34-69,119-121H2,1-33H3. The second kappa shape index (κ2) is 58.5. The van der Waals surface area contributed by atoms with Crippen LogP contribution in [0.4, 0.5) is 0 Å². The van der Waals surface area contributed by atoms with Crippen LogP contribution in [0.25, 0.3) is 0 Å². The molecular formula is C70H178O39S9Si18. The van der Waals surface area contributed by atoms with E-state index in [1.807, 2.05) is 118 Å². The van der Waals surface area contributed by atoms with Gasteiger partial charge in [0.15, 0.2) is 99.8 Å². The van der Waals surface area contributed by atoms with Crippen LogP contribution in [-0.4, -0.2) is 347 Å². The Bertz CT molecular complexity index is 3790. The van der Waals surface area contributed by atoms with Crippen molar-refractivity contribution in [3.63, 3.8) is 0 Å². The third-order valence-corrected chi connectivity index (χ3v) is 95.9. The molecule has 0 saturated carbocycles. The molecule has 0 bridgehead atoms. The summed E-state index contributed by atoms with van der Waals surface area (Å²) in [4.78, 5) is 0.0296. The lowest BCUT2D eigenvalue weighted by Gasteiger charge is -2.45. The van der Waals surface area contributed by atoms with Gasteiger partial charge >= 0.3 is 26.4 Å². The maximum Gasteiger partial charge on any atom is 0.469 e. The van der Waals surface area contributed by atoms with E-state index in [-0.39, 0.29) is 64.2 Å². The first-order valence-electron chi connectivity index (χ1n) is 46.5. The maximum atomic E-state index is 12.2. The Morgan fingerprint density at radius 1 is 0.162 bits per heavy atom. The van der Waals surface area contributed by atoms with Gasteiger partial charge in [0, 0.05) is 18.1 Å². The monoisotopic (exact) mass is 2430 g/mol. The molecule has 0 aromatic rings. The summed E-state index contributed by atoms with van der Waals surface area (Å²) < 4.78 is 356. The van der Waals surface area contributed by atoms with Gasteiger partial charge in [0.2, 0.25) is 0 Å². The normalized spacial score (nSPS) is 15.4. The first kappa shape index (κ1) is 139. The van der Waals surface area contributed by atoms with Gasteiger partial charge in [-0.15, -0.1) is 0 Å². The van der Waals surface area contributed by atoms with Gasteiger partial charge in [-0.1, -0.05) is 0 Å². The molecule has 0 saturated heterocycles. The molecule has 0 spiro atoms. The quantitative estimate of drug-likeness (QED) is 0.0310. The second-order valence-electron chi connectivity index (χ2n) is 43.1. The highest BCUT2D eigenvalue weighted by Crippen LogP contribution is 2.41. The smallest absolute Gasteiger partial charge is 0.461 e. The van der Waals surface area contributed by atoms with E-state index in [0.717, 1.165) is 56.3 Å². The van der Waals surface area contributed by atoms with Crippen LogP contribution in [0, 0.1) is 0 Å². The molecule has 0 unspecified atom stereocenters. The van der Waals surface area contributed by atoms with Crippen LogP contribution in [-0.2, 0) is 178 Å². The first-order chi connectivity index (χ1) is 60.6. The summed E-state index contributed by atoms with van der Waals surface area (Å²) in [5.41, 5.74) is 0. The summed E-state index contributed by atoms with van der Waals surface area (Å²) >= 11 is 0. The molecule has 0 radical (unpaired) electrons. The summed E-state index contributed by atoms with van der Waals surface area (Å²) in [6.07, 6.45) is 13.7. The Hall–Kier alpha value is 2.61. The Balaban J connectivity index is 8.88. The van der Waals surface area contributed by atoms with Gasteiger partial charge in [-0.3, -0.25) is 37.6 Å². The van der Waals surface area contributed by atoms with E-state index < -0.39 is 247 Å². The molecule has 0 aromatic carbocycles. The van der Waals surface area contributed by atoms with Gasteiger partial charge in [0.05, 0.1) is 116 Å². The minimum atomic E-state index is -3.90. The summed E-state index contributed by atoms with van der Waals surface area (Å²) in [5.74, 6) is 0. The van der Waals surface area contributed by atoms with Crippen molar-refractivity contribution in [3.8, 4) is 0 Å². The predicted octanol–water partition coefficient (Wildman–Crippen LogP) is 11.9. The first-order valence-corrected chi connectivity index (χ1v) is 110. The Morgan fingerprint density at radius 3 is 0.368 bits per heavy atom. The van der Waals surface area contributed by atoms with Gasteiger partial charge in [0.25, 0.3) is 91.1 Å². The summed E-state index contributed by atoms with van der Waals surface area (Å²) in [7, 11) is -84.2. The summed E-state index contributed by atoms with van der Waals surface area (Å²) in [6.45, 7) is 49.1. The minimum absolute atomic E-state index is 0.0296. The van der Waals surface area contributed by atoms with Gasteiger partial charge in [-0.05, 0) is 311 Å². The largest absolute Gasteiger partial charge is 0.469 e. The molecule has 0 N–H and O–H groups in total. The van der Waals surface area contributed by atoms with Crippen LogP contribution < -0.4 is 0 Å². The Labute approximate surface area is 846 Å². The molecule has 39 nitrogen and oxygen atoms in total. The van der Waals surface area contributed by atoms with Crippen LogP contribution in [0.3, 0.4) is 0 Å². The molecule has 818 valence electrons. The van der Waals surface area contributed by atoms with E-state index in [1.165, 1.54) is 0 Å². The van der Waals surface area contributed by atoms with Gasteiger partial charge in [-0.25, -0.2) is 0 Å². The van der Waals surface area contributed by atoms with Crippen molar-refractivity contribution in [1.82, 2.24) is 0 Å². The summed E-state index contributed by atoms with van der Waals surface area (Å²) in [5, 5.41) is 0. The third-order valence-electron chi connectivity index (χ3n) is 20.8. The number of hydrogen-bond acceptors (Lipinski definition) is 39. The SMILES string of the molecule is C[Si](C)(CCC[Si](O[Si](C)(C)CCCOS(C)(=O)=O)(O[Si](C)(C)CCCOS(C)(=O)=O)O[Si](C)(C)CCCOS(C)(=O)=O)O[SiH2]C([SiH2]O[Si](C)(C)CCC[Si](O[Si](C)(C)CCCOS(C)(=O)=O)(O[Si](C)(C)CCCOS(C)(=O)=O)O[Si](C)(C)CCCOS(C)(=O)=O)[SiH2]O[Si](C)(C)CCC[Si](O[Si](C)(C)CCCOS(C)(=O)=O)(O[Si](C)(C)CCCOS(C)(=O)=O)O[Si](C)(C)CCCOS(C)(=O)=O. The number of hydrogen-bond donors (Lipinski definition) is 0. The molecule has 0 aliphatic rings. The summed E-state index contributed by atoms with van der Waals surface area (Å²) in [6, 6.07) is 7.18. The molecular weight excluding hydrogens is 2260 g/mol. The lowest BCUT2D eigenvalue weighted by Crippen LogP contribution is -2.62. The van der Waals surface area contributed by atoms with Crippen molar-refractivity contribution in [1.29, 1.82) is 0 Å². The average molecular weight is 2440 g/mol. The van der Waals surface area contributed by atoms with E-state index in [0.29, 0.717) is 168 Å². The molecule has 0 atom stereocenters. The van der Waals surface area contributed by atoms with Gasteiger partial charge in [-0.2, -0.15) is 75.8 Å². The zero-order valence-electron chi connectivity index (χ0n) is 88.3. The molecule has 0 heterocycles. The fraction of sp³-hybridized carbons (Fsp3) is 1.00. The Kier molecular flexibility index (Phi) is 59.6. The lowest BCUT2D eigenvalue weighted by molar-refractivity contribution is 0.240. The highest BCUT2D eigenvalue weighted by atomic mass is 32.3. The highest BCUT2D eigenvalue weighted by Gasteiger charge is 2.56. The Morgan fingerprint density at radius 2 is 0.265 bits per heavy atom. The topological polar surface area (TPSA) is 501 Å². The van der Waals surface area contributed by atoms with E-state index in [1.54, 1.807) is 0 Å². The molecule has 0 rings (SSSR count). The average Bonchev–Trinajstić information content (AvgIpc) is 0.796. The molecule has 0 aromatic heterocycles. The molecule has 66 heteroatoms. The van der Waals surface area contributed by atoms with Crippen molar-refractivity contribution in [2.45, 2.75) is 330 Å². The van der Waals surface area contributed by atoms with Gasteiger partial charge < -0.3 is 49.4 Å².